The van der Waals surface area contributed by atoms with Crippen LogP contribution in [0.5, 0.6) is 0 Å². The molecule has 2 atom stereocenters. The second kappa shape index (κ2) is 6.23. The SMILES string of the molecule is Cc1cc(C(=O)NC(C)C(O)c2ccc(F)c(F)c2)n(C)n1. The second-order valence-electron chi connectivity index (χ2n) is 5.18. The van der Waals surface area contributed by atoms with Crippen LogP contribution in [0, 0.1) is 18.6 Å². The molecule has 0 bridgehead atoms. The third-order valence-electron chi connectivity index (χ3n) is 3.35. The van der Waals surface area contributed by atoms with E-state index in [1.165, 1.54) is 10.7 Å². The number of aryl methyl sites for hydroxylation is 2. The van der Waals surface area contributed by atoms with Crippen LogP contribution in [0.15, 0.2) is 24.3 Å². The van der Waals surface area contributed by atoms with Gasteiger partial charge in [0, 0.05) is 7.05 Å². The molecular weight excluding hydrogens is 292 g/mol. The number of hydrogen-bond donors (Lipinski definition) is 2. The zero-order valence-corrected chi connectivity index (χ0v) is 12.5. The van der Waals surface area contributed by atoms with Gasteiger partial charge in [0.2, 0.25) is 0 Å². The summed E-state index contributed by atoms with van der Waals surface area (Å²) in [6.07, 6.45) is -1.16. The monoisotopic (exact) mass is 309 g/mol. The van der Waals surface area contributed by atoms with Crippen LogP contribution < -0.4 is 5.32 Å². The molecule has 22 heavy (non-hydrogen) atoms. The second-order valence-corrected chi connectivity index (χ2v) is 5.18. The molecule has 1 aromatic heterocycles. The molecule has 1 heterocycles. The fourth-order valence-corrected chi connectivity index (χ4v) is 2.17. The number of carbonyl (C=O) groups excluding carboxylic acids is 1. The van der Waals surface area contributed by atoms with Crippen LogP contribution in [0.1, 0.15) is 34.8 Å². The summed E-state index contributed by atoms with van der Waals surface area (Å²) >= 11 is 0. The molecule has 0 aliphatic heterocycles. The molecule has 118 valence electrons. The van der Waals surface area contributed by atoms with Crippen molar-refractivity contribution in [3.8, 4) is 0 Å². The number of carbonyl (C=O) groups is 1. The first-order chi connectivity index (χ1) is 10.3. The molecule has 5 nitrogen and oxygen atoms in total. The third-order valence-corrected chi connectivity index (χ3v) is 3.35. The van der Waals surface area contributed by atoms with Gasteiger partial charge in [-0.05, 0) is 37.6 Å². The molecular formula is C15H17F2N3O2. The number of halogens is 2. The zero-order valence-electron chi connectivity index (χ0n) is 12.5. The minimum absolute atomic E-state index is 0.188. The van der Waals surface area contributed by atoms with Crippen molar-refractivity contribution in [1.82, 2.24) is 15.1 Å². The van der Waals surface area contributed by atoms with E-state index < -0.39 is 29.7 Å². The van der Waals surface area contributed by atoms with Gasteiger partial charge >= 0.3 is 0 Å². The van der Waals surface area contributed by atoms with Gasteiger partial charge in [0.1, 0.15) is 5.69 Å². The van der Waals surface area contributed by atoms with Crippen molar-refractivity contribution in [2.75, 3.05) is 0 Å². The predicted octanol–water partition coefficient (Wildman–Crippen LogP) is 1.86. The molecule has 0 aliphatic rings. The molecule has 0 saturated carbocycles. The molecule has 1 aromatic carbocycles. The number of benzene rings is 1. The number of aromatic nitrogens is 2. The Balaban J connectivity index is 2.10. The Morgan fingerprint density at radius 2 is 2.00 bits per heavy atom. The summed E-state index contributed by atoms with van der Waals surface area (Å²) in [4.78, 5) is 12.1. The Morgan fingerprint density at radius 1 is 1.32 bits per heavy atom. The summed E-state index contributed by atoms with van der Waals surface area (Å²) in [6.45, 7) is 3.34. The van der Waals surface area contributed by atoms with E-state index in [1.807, 2.05) is 0 Å². The minimum atomic E-state index is -1.16. The van der Waals surface area contributed by atoms with Crippen molar-refractivity contribution < 1.29 is 18.7 Å². The highest BCUT2D eigenvalue weighted by atomic mass is 19.2. The summed E-state index contributed by atoms with van der Waals surface area (Å²) in [7, 11) is 1.64. The number of hydrogen-bond acceptors (Lipinski definition) is 3. The fourth-order valence-electron chi connectivity index (χ4n) is 2.17. The lowest BCUT2D eigenvalue weighted by molar-refractivity contribution is 0.0842. The molecule has 7 heteroatoms. The van der Waals surface area contributed by atoms with Crippen LogP contribution in [0.4, 0.5) is 8.78 Å². The van der Waals surface area contributed by atoms with Gasteiger partial charge < -0.3 is 10.4 Å². The van der Waals surface area contributed by atoms with Crippen molar-refractivity contribution in [2.24, 2.45) is 7.05 Å². The number of nitrogens with zero attached hydrogens (tertiary/aromatic N) is 2. The molecule has 0 fully saturated rings. The number of nitrogens with one attached hydrogen (secondary N) is 1. The minimum Gasteiger partial charge on any atom is -0.386 e. The molecule has 0 spiro atoms. The Labute approximate surface area is 126 Å². The standard InChI is InChI=1S/C15H17F2N3O2/c1-8-6-13(20(3)19-8)15(22)18-9(2)14(21)10-4-5-11(16)12(17)7-10/h4-7,9,14,21H,1-3H3,(H,18,22). The van der Waals surface area contributed by atoms with Crippen LogP contribution in [-0.2, 0) is 7.05 Å². The van der Waals surface area contributed by atoms with E-state index in [4.69, 9.17) is 0 Å². The lowest BCUT2D eigenvalue weighted by Gasteiger charge is -2.20. The van der Waals surface area contributed by atoms with Crippen molar-refractivity contribution in [2.45, 2.75) is 26.0 Å². The van der Waals surface area contributed by atoms with Crippen LogP contribution in [0.25, 0.3) is 0 Å². The summed E-state index contributed by atoms with van der Waals surface area (Å²) in [5, 5.41) is 16.8. The van der Waals surface area contributed by atoms with E-state index in [0.717, 1.165) is 12.1 Å². The number of rotatable bonds is 4. The van der Waals surface area contributed by atoms with Gasteiger partial charge in [-0.15, -0.1) is 0 Å². The molecule has 0 aliphatic carbocycles. The number of aliphatic hydroxyl groups excluding tert-OH is 1. The molecule has 1 amide bonds. The Bertz CT molecular complexity index is 700. The molecule has 0 saturated heterocycles. The van der Waals surface area contributed by atoms with Crippen LogP contribution >= 0.6 is 0 Å². The van der Waals surface area contributed by atoms with Gasteiger partial charge in [-0.25, -0.2) is 8.78 Å². The number of amides is 1. The van der Waals surface area contributed by atoms with Crippen LogP contribution in [0.3, 0.4) is 0 Å². The smallest absolute Gasteiger partial charge is 0.269 e. The first kappa shape index (κ1) is 16.1. The van der Waals surface area contributed by atoms with Crippen molar-refractivity contribution >= 4 is 5.91 Å². The van der Waals surface area contributed by atoms with Crippen molar-refractivity contribution in [1.29, 1.82) is 0 Å². The van der Waals surface area contributed by atoms with E-state index in [9.17, 15) is 18.7 Å². The normalized spacial score (nSPS) is 13.7. The topological polar surface area (TPSA) is 67.2 Å². The average Bonchev–Trinajstić information content (AvgIpc) is 2.80. The van der Waals surface area contributed by atoms with Crippen molar-refractivity contribution in [3.05, 3.63) is 52.9 Å². The van der Waals surface area contributed by atoms with Gasteiger partial charge in [0.15, 0.2) is 11.6 Å². The third kappa shape index (κ3) is 3.30. The fraction of sp³-hybridized carbons (Fsp3) is 0.333. The summed E-state index contributed by atoms with van der Waals surface area (Å²) in [5.41, 5.74) is 1.23. The first-order valence-electron chi connectivity index (χ1n) is 6.74. The predicted molar refractivity (Wildman–Crippen MR) is 76.2 cm³/mol. The summed E-state index contributed by atoms with van der Waals surface area (Å²) < 4.78 is 27.5. The quantitative estimate of drug-likeness (QED) is 0.906. The van der Waals surface area contributed by atoms with E-state index in [0.29, 0.717) is 11.4 Å². The van der Waals surface area contributed by atoms with Crippen LogP contribution in [0.2, 0.25) is 0 Å². The molecule has 2 N–H and O–H groups in total. The van der Waals surface area contributed by atoms with E-state index in [1.54, 1.807) is 27.0 Å². The lowest BCUT2D eigenvalue weighted by Crippen LogP contribution is -2.38. The highest BCUT2D eigenvalue weighted by molar-refractivity contribution is 5.92. The highest BCUT2D eigenvalue weighted by Crippen LogP contribution is 2.19. The van der Waals surface area contributed by atoms with E-state index in [-0.39, 0.29) is 5.56 Å². The van der Waals surface area contributed by atoms with Gasteiger partial charge in [-0.1, -0.05) is 6.07 Å². The summed E-state index contributed by atoms with van der Waals surface area (Å²) in [6, 6.07) is 4.06. The van der Waals surface area contributed by atoms with Gasteiger partial charge in [-0.2, -0.15) is 5.10 Å². The molecule has 2 unspecified atom stereocenters. The van der Waals surface area contributed by atoms with Gasteiger partial charge in [0.25, 0.3) is 5.91 Å². The lowest BCUT2D eigenvalue weighted by atomic mass is 10.0. The van der Waals surface area contributed by atoms with Crippen molar-refractivity contribution in [3.63, 3.8) is 0 Å². The Kier molecular flexibility index (Phi) is 4.56. The van der Waals surface area contributed by atoms with Gasteiger partial charge in [-0.3, -0.25) is 9.48 Å². The molecule has 0 radical (unpaired) electrons. The molecule has 2 aromatic rings. The largest absolute Gasteiger partial charge is 0.386 e. The van der Waals surface area contributed by atoms with E-state index in [2.05, 4.69) is 10.4 Å². The maximum Gasteiger partial charge on any atom is 0.269 e. The maximum atomic E-state index is 13.2. The Hall–Kier alpha value is -2.28. The maximum absolute atomic E-state index is 13.2. The number of aliphatic hydroxyl groups is 1. The molecule has 2 rings (SSSR count). The Morgan fingerprint density at radius 3 is 2.55 bits per heavy atom. The zero-order chi connectivity index (χ0) is 16.4. The van der Waals surface area contributed by atoms with Gasteiger partial charge in [0.05, 0.1) is 17.8 Å². The summed E-state index contributed by atoms with van der Waals surface area (Å²) in [5.74, 6) is -2.44. The highest BCUT2D eigenvalue weighted by Gasteiger charge is 2.21. The first-order valence-corrected chi connectivity index (χ1v) is 6.74. The average molecular weight is 309 g/mol. The van der Waals surface area contributed by atoms with E-state index >= 15 is 0 Å². The van der Waals surface area contributed by atoms with Crippen LogP contribution in [-0.4, -0.2) is 26.8 Å².